The topological polar surface area (TPSA) is 37.4 Å². The lowest BCUT2D eigenvalue weighted by molar-refractivity contribution is 0.479. The number of sulfonamides is 1. The van der Waals surface area contributed by atoms with Gasteiger partial charge in [-0.2, -0.15) is 4.31 Å². The highest BCUT2D eigenvalue weighted by atomic mass is 79.9. The van der Waals surface area contributed by atoms with E-state index in [0.29, 0.717) is 17.3 Å². The lowest BCUT2D eigenvalue weighted by atomic mass is 10.4. The van der Waals surface area contributed by atoms with Crippen LogP contribution in [0.3, 0.4) is 0 Å². The quantitative estimate of drug-likeness (QED) is 0.781. The van der Waals surface area contributed by atoms with Gasteiger partial charge < -0.3 is 0 Å². The van der Waals surface area contributed by atoms with Crippen LogP contribution in [0.4, 0.5) is 0 Å². The van der Waals surface area contributed by atoms with Gasteiger partial charge in [0.15, 0.2) is 0 Å². The van der Waals surface area contributed by atoms with Crippen molar-refractivity contribution < 1.29 is 8.42 Å². The largest absolute Gasteiger partial charge is 0.252 e. The molecular formula is C8H9BrClNO2S2. The van der Waals surface area contributed by atoms with E-state index in [1.165, 1.54) is 15.6 Å². The molecule has 2 rings (SSSR count). The molecule has 15 heavy (non-hydrogen) atoms. The Balaban J connectivity index is 2.27. The molecule has 1 aromatic heterocycles. The van der Waals surface area contributed by atoms with E-state index in [1.807, 2.05) is 0 Å². The van der Waals surface area contributed by atoms with E-state index < -0.39 is 10.0 Å². The van der Waals surface area contributed by atoms with Crippen molar-refractivity contribution in [3.8, 4) is 0 Å². The minimum Gasteiger partial charge on any atom is -0.206 e. The molecule has 1 aliphatic heterocycles. The second-order valence-corrected chi connectivity index (χ2v) is 8.55. The standard InChI is InChI=1S/C8H9BrClNO2S2/c9-7-1-2-8(14-7)15(12,13)11-4-3-6(10)5-11/h1-2,6H,3-5H2. The van der Waals surface area contributed by atoms with Gasteiger partial charge in [0, 0.05) is 18.5 Å². The lowest BCUT2D eigenvalue weighted by Gasteiger charge is -2.13. The first-order valence-electron chi connectivity index (χ1n) is 4.40. The van der Waals surface area contributed by atoms with E-state index in [4.69, 9.17) is 11.6 Å². The summed E-state index contributed by atoms with van der Waals surface area (Å²) in [4.78, 5) is 0. The fourth-order valence-corrected chi connectivity index (χ4v) is 5.48. The van der Waals surface area contributed by atoms with Gasteiger partial charge in [0.05, 0.1) is 3.79 Å². The average molecular weight is 331 g/mol. The smallest absolute Gasteiger partial charge is 0.206 e. The van der Waals surface area contributed by atoms with Crippen molar-refractivity contribution in [3.63, 3.8) is 0 Å². The molecule has 1 atom stereocenters. The van der Waals surface area contributed by atoms with Gasteiger partial charge in [0.1, 0.15) is 4.21 Å². The first kappa shape index (κ1) is 11.9. The van der Waals surface area contributed by atoms with Crippen LogP contribution in [0.15, 0.2) is 20.1 Å². The van der Waals surface area contributed by atoms with E-state index in [-0.39, 0.29) is 5.38 Å². The predicted octanol–water partition coefficient (Wildman–Crippen LogP) is 2.51. The van der Waals surface area contributed by atoms with Crippen molar-refractivity contribution in [3.05, 3.63) is 15.9 Å². The third kappa shape index (κ3) is 2.39. The molecule has 0 aliphatic carbocycles. The second-order valence-electron chi connectivity index (χ2n) is 3.31. The summed E-state index contributed by atoms with van der Waals surface area (Å²) in [6, 6.07) is 3.36. The zero-order valence-corrected chi connectivity index (χ0v) is 11.7. The second kappa shape index (κ2) is 4.33. The average Bonchev–Trinajstić information content (AvgIpc) is 2.74. The van der Waals surface area contributed by atoms with Crippen LogP contribution >= 0.6 is 38.9 Å². The molecule has 84 valence electrons. The molecule has 1 unspecified atom stereocenters. The van der Waals surface area contributed by atoms with E-state index in [9.17, 15) is 8.42 Å². The van der Waals surface area contributed by atoms with Gasteiger partial charge in [-0.25, -0.2) is 8.42 Å². The summed E-state index contributed by atoms with van der Waals surface area (Å²) >= 11 is 10.4. The number of rotatable bonds is 2. The van der Waals surface area contributed by atoms with Crippen molar-refractivity contribution >= 4 is 48.9 Å². The summed E-state index contributed by atoms with van der Waals surface area (Å²) in [7, 11) is -3.31. The van der Waals surface area contributed by atoms with Crippen LogP contribution in [0.5, 0.6) is 0 Å². The molecule has 0 N–H and O–H groups in total. The van der Waals surface area contributed by atoms with Crippen LogP contribution in [0.1, 0.15) is 6.42 Å². The molecule has 0 spiro atoms. The Hall–Kier alpha value is 0.380. The Morgan fingerprint density at radius 2 is 2.27 bits per heavy atom. The fourth-order valence-electron chi connectivity index (χ4n) is 1.47. The molecule has 1 saturated heterocycles. The summed E-state index contributed by atoms with van der Waals surface area (Å²) in [5.74, 6) is 0. The Kier molecular flexibility index (Phi) is 3.42. The number of nitrogens with zero attached hydrogens (tertiary/aromatic N) is 1. The first-order valence-corrected chi connectivity index (χ1v) is 7.88. The Labute approximate surface area is 106 Å². The number of thiophene rings is 1. The minimum atomic E-state index is -3.31. The minimum absolute atomic E-state index is 0.0526. The predicted molar refractivity (Wildman–Crippen MR) is 65.0 cm³/mol. The van der Waals surface area contributed by atoms with Crippen molar-refractivity contribution in [2.24, 2.45) is 0 Å². The highest BCUT2D eigenvalue weighted by Crippen LogP contribution is 2.30. The first-order chi connectivity index (χ1) is 7.00. The number of hydrogen-bond donors (Lipinski definition) is 0. The van der Waals surface area contributed by atoms with E-state index in [1.54, 1.807) is 12.1 Å². The van der Waals surface area contributed by atoms with Gasteiger partial charge in [-0.15, -0.1) is 22.9 Å². The molecule has 0 amide bonds. The Bertz CT molecular complexity index is 459. The SMILES string of the molecule is O=S(=O)(c1ccc(Br)s1)N1CCC(Cl)C1. The van der Waals surface area contributed by atoms with Gasteiger partial charge in [0.25, 0.3) is 10.0 Å². The van der Waals surface area contributed by atoms with E-state index in [0.717, 1.165) is 10.2 Å². The summed E-state index contributed by atoms with van der Waals surface area (Å²) in [6.07, 6.45) is 0.729. The third-order valence-corrected chi connectivity index (χ3v) is 6.55. The monoisotopic (exact) mass is 329 g/mol. The number of halogens is 2. The van der Waals surface area contributed by atoms with E-state index >= 15 is 0 Å². The molecule has 7 heteroatoms. The van der Waals surface area contributed by atoms with Crippen LogP contribution in [0, 0.1) is 0 Å². The lowest BCUT2D eigenvalue weighted by Crippen LogP contribution is -2.28. The molecule has 1 fully saturated rings. The van der Waals surface area contributed by atoms with Gasteiger partial charge >= 0.3 is 0 Å². The maximum atomic E-state index is 12.1. The maximum absolute atomic E-state index is 12.1. The van der Waals surface area contributed by atoms with Crippen LogP contribution in [0.25, 0.3) is 0 Å². The molecular weight excluding hydrogens is 322 g/mol. The summed E-state index contributed by atoms with van der Waals surface area (Å²) in [6.45, 7) is 0.936. The van der Waals surface area contributed by atoms with Crippen molar-refractivity contribution in [2.75, 3.05) is 13.1 Å². The molecule has 0 saturated carbocycles. The van der Waals surface area contributed by atoms with Gasteiger partial charge in [-0.3, -0.25) is 0 Å². The van der Waals surface area contributed by atoms with Gasteiger partial charge in [0.2, 0.25) is 0 Å². The van der Waals surface area contributed by atoms with Crippen LogP contribution in [-0.4, -0.2) is 31.2 Å². The summed E-state index contributed by atoms with van der Waals surface area (Å²) < 4.78 is 26.7. The van der Waals surface area contributed by atoms with Crippen molar-refractivity contribution in [2.45, 2.75) is 16.0 Å². The fraction of sp³-hybridized carbons (Fsp3) is 0.500. The van der Waals surface area contributed by atoms with Crippen molar-refractivity contribution in [1.29, 1.82) is 0 Å². The van der Waals surface area contributed by atoms with E-state index in [2.05, 4.69) is 15.9 Å². The molecule has 3 nitrogen and oxygen atoms in total. The van der Waals surface area contributed by atoms with Crippen LogP contribution in [-0.2, 0) is 10.0 Å². The van der Waals surface area contributed by atoms with Crippen LogP contribution < -0.4 is 0 Å². The summed E-state index contributed by atoms with van der Waals surface area (Å²) in [5, 5.41) is -0.0526. The highest BCUT2D eigenvalue weighted by Gasteiger charge is 2.32. The molecule has 0 radical (unpaired) electrons. The summed E-state index contributed by atoms with van der Waals surface area (Å²) in [5.41, 5.74) is 0. The van der Waals surface area contributed by atoms with Crippen molar-refractivity contribution in [1.82, 2.24) is 4.31 Å². The molecule has 0 bridgehead atoms. The van der Waals surface area contributed by atoms with Crippen LogP contribution in [0.2, 0.25) is 0 Å². The highest BCUT2D eigenvalue weighted by molar-refractivity contribution is 9.11. The molecule has 0 aromatic carbocycles. The van der Waals surface area contributed by atoms with Gasteiger partial charge in [-0.1, -0.05) is 0 Å². The number of hydrogen-bond acceptors (Lipinski definition) is 3. The molecule has 2 heterocycles. The third-order valence-electron chi connectivity index (χ3n) is 2.24. The molecule has 1 aromatic rings. The Morgan fingerprint density at radius 3 is 2.73 bits per heavy atom. The normalized spacial score (nSPS) is 23.5. The zero-order valence-electron chi connectivity index (χ0n) is 7.69. The zero-order chi connectivity index (χ0) is 11.1. The number of alkyl halides is 1. The van der Waals surface area contributed by atoms with Gasteiger partial charge in [-0.05, 0) is 34.5 Å². The maximum Gasteiger partial charge on any atom is 0.252 e. The Morgan fingerprint density at radius 1 is 1.53 bits per heavy atom. The molecule has 1 aliphatic rings.